The second kappa shape index (κ2) is 7.99. The number of rotatable bonds is 6. The molecule has 0 fully saturated rings. The monoisotopic (exact) mass is 427 g/mol. The highest BCUT2D eigenvalue weighted by molar-refractivity contribution is 5.96. The van der Waals surface area contributed by atoms with E-state index in [9.17, 15) is 19.1 Å². The van der Waals surface area contributed by atoms with E-state index in [2.05, 4.69) is 25.6 Å². The summed E-state index contributed by atoms with van der Waals surface area (Å²) in [7, 11) is 0. The van der Waals surface area contributed by atoms with Crippen LogP contribution in [0.25, 0.3) is 0 Å². The van der Waals surface area contributed by atoms with E-state index < -0.39 is 22.6 Å². The van der Waals surface area contributed by atoms with E-state index in [-0.39, 0.29) is 17.9 Å². The smallest absolute Gasteiger partial charge is 0.296 e. The molecule has 0 bridgehead atoms. The summed E-state index contributed by atoms with van der Waals surface area (Å²) in [6.45, 7) is 4.96. The van der Waals surface area contributed by atoms with Crippen LogP contribution in [0, 0.1) is 5.82 Å². The Labute approximate surface area is 176 Å². The van der Waals surface area contributed by atoms with Crippen molar-refractivity contribution in [1.29, 1.82) is 0 Å². The summed E-state index contributed by atoms with van der Waals surface area (Å²) in [6.07, 6.45) is 0.369. The van der Waals surface area contributed by atoms with Crippen LogP contribution in [0.2, 0.25) is 0 Å². The molecular formula is C20H22FN7O3. The number of aromatic amines is 1. The van der Waals surface area contributed by atoms with Crippen molar-refractivity contribution in [2.45, 2.75) is 45.3 Å². The van der Waals surface area contributed by atoms with E-state index in [0.29, 0.717) is 37.7 Å². The van der Waals surface area contributed by atoms with Gasteiger partial charge in [0.1, 0.15) is 11.6 Å². The number of aryl methyl sites for hydroxylation is 1. The number of ketones is 1. The Morgan fingerprint density at radius 1 is 1.26 bits per heavy atom. The van der Waals surface area contributed by atoms with Gasteiger partial charge < -0.3 is 5.11 Å². The molecule has 3 heterocycles. The third-order valence-corrected chi connectivity index (χ3v) is 5.62. The summed E-state index contributed by atoms with van der Waals surface area (Å²) in [5, 5.41) is 24.3. The standard InChI is InChI=1S/C20H22FN7O3/c1-20(2)19-22-16(14(29)8-5-12-3-6-13(21)7-4-12)17(30)18(31)28(19)10-9-27(20)11-15-23-25-26-24-15/h3-4,6-7,30H,5,8-11H2,1-2H3,(H,23,24,25,26). The highest BCUT2D eigenvalue weighted by atomic mass is 19.1. The Kier molecular flexibility index (Phi) is 5.36. The third kappa shape index (κ3) is 3.96. The Morgan fingerprint density at radius 2 is 2.00 bits per heavy atom. The van der Waals surface area contributed by atoms with Crippen molar-refractivity contribution in [3.05, 3.63) is 63.3 Å². The van der Waals surface area contributed by atoms with E-state index >= 15 is 0 Å². The van der Waals surface area contributed by atoms with Gasteiger partial charge in [-0.3, -0.25) is 19.1 Å². The minimum Gasteiger partial charge on any atom is -0.501 e. The van der Waals surface area contributed by atoms with Gasteiger partial charge in [0.05, 0.1) is 12.1 Å². The van der Waals surface area contributed by atoms with Gasteiger partial charge in [-0.15, -0.1) is 10.2 Å². The fraction of sp³-hybridized carbons (Fsp3) is 0.400. The average molecular weight is 427 g/mol. The number of halogens is 1. The van der Waals surface area contributed by atoms with E-state index in [1.807, 2.05) is 18.7 Å². The number of hydrogen-bond acceptors (Lipinski definition) is 8. The Balaban J connectivity index is 1.62. The maximum absolute atomic E-state index is 13.1. The number of benzene rings is 1. The number of aromatic nitrogens is 6. The number of carbonyl (C=O) groups is 1. The number of nitrogens with zero attached hydrogens (tertiary/aromatic N) is 6. The lowest BCUT2D eigenvalue weighted by molar-refractivity contribution is 0.0625. The van der Waals surface area contributed by atoms with Gasteiger partial charge in [-0.05, 0) is 38.0 Å². The lowest BCUT2D eigenvalue weighted by atomic mass is 9.97. The lowest BCUT2D eigenvalue weighted by Gasteiger charge is -2.42. The van der Waals surface area contributed by atoms with Gasteiger partial charge in [0.15, 0.2) is 17.3 Å². The quantitative estimate of drug-likeness (QED) is 0.561. The summed E-state index contributed by atoms with van der Waals surface area (Å²) < 4.78 is 14.5. The summed E-state index contributed by atoms with van der Waals surface area (Å²) >= 11 is 0. The molecule has 31 heavy (non-hydrogen) atoms. The summed E-state index contributed by atoms with van der Waals surface area (Å²) in [5.74, 6) is -0.568. The first-order valence-corrected chi connectivity index (χ1v) is 9.86. The lowest BCUT2D eigenvalue weighted by Crippen LogP contribution is -2.52. The molecule has 0 unspecified atom stereocenters. The first-order valence-electron chi connectivity index (χ1n) is 9.86. The number of H-pyrrole nitrogens is 1. The molecule has 1 aliphatic heterocycles. The van der Waals surface area contributed by atoms with Gasteiger partial charge in [-0.25, -0.2) is 9.37 Å². The maximum atomic E-state index is 13.1. The van der Waals surface area contributed by atoms with Crippen molar-refractivity contribution in [3.63, 3.8) is 0 Å². The zero-order valence-electron chi connectivity index (χ0n) is 17.2. The van der Waals surface area contributed by atoms with Gasteiger partial charge in [0.25, 0.3) is 5.56 Å². The fourth-order valence-electron chi connectivity index (χ4n) is 3.78. The zero-order valence-corrected chi connectivity index (χ0v) is 17.2. The fourth-order valence-corrected chi connectivity index (χ4v) is 3.78. The number of tetrazole rings is 1. The predicted molar refractivity (Wildman–Crippen MR) is 107 cm³/mol. The molecule has 1 aromatic carbocycles. The van der Waals surface area contributed by atoms with Crippen molar-refractivity contribution < 1.29 is 14.3 Å². The molecule has 2 N–H and O–H groups in total. The van der Waals surface area contributed by atoms with Crippen LogP contribution in [0.15, 0.2) is 29.1 Å². The summed E-state index contributed by atoms with van der Waals surface area (Å²) in [5.41, 5.74) is -0.830. The van der Waals surface area contributed by atoms with E-state index in [1.54, 1.807) is 12.1 Å². The van der Waals surface area contributed by atoms with Gasteiger partial charge in [-0.1, -0.05) is 17.3 Å². The molecular weight excluding hydrogens is 405 g/mol. The average Bonchev–Trinajstić information content (AvgIpc) is 3.25. The molecule has 2 aromatic heterocycles. The molecule has 4 rings (SSSR count). The van der Waals surface area contributed by atoms with Crippen LogP contribution >= 0.6 is 0 Å². The van der Waals surface area contributed by atoms with Crippen LogP contribution < -0.4 is 5.56 Å². The van der Waals surface area contributed by atoms with E-state index in [0.717, 1.165) is 5.56 Å². The molecule has 0 saturated carbocycles. The van der Waals surface area contributed by atoms with Crippen LogP contribution in [0.5, 0.6) is 5.75 Å². The molecule has 3 aromatic rings. The predicted octanol–water partition coefficient (Wildman–Crippen LogP) is 1.17. The molecule has 0 atom stereocenters. The highest BCUT2D eigenvalue weighted by Gasteiger charge is 2.39. The first kappa shape index (κ1) is 20.8. The Hall–Kier alpha value is -3.47. The topological polar surface area (TPSA) is 130 Å². The molecule has 1 aliphatic rings. The van der Waals surface area contributed by atoms with Crippen LogP contribution in [0.3, 0.4) is 0 Å². The molecule has 0 aliphatic carbocycles. The van der Waals surface area contributed by atoms with Gasteiger partial charge in [0, 0.05) is 19.5 Å². The van der Waals surface area contributed by atoms with Crippen LogP contribution in [0.4, 0.5) is 4.39 Å². The molecule has 0 radical (unpaired) electrons. The molecule has 0 saturated heterocycles. The summed E-state index contributed by atoms with van der Waals surface area (Å²) in [6, 6.07) is 5.83. The maximum Gasteiger partial charge on any atom is 0.296 e. The van der Waals surface area contributed by atoms with Gasteiger partial charge >= 0.3 is 0 Å². The second-order valence-electron chi connectivity index (χ2n) is 7.95. The SMILES string of the molecule is CC1(C)c2nc(C(=O)CCc3ccc(F)cc3)c(O)c(=O)n2CCN1Cc1nn[nH]n1. The van der Waals surface area contributed by atoms with Crippen molar-refractivity contribution in [2.75, 3.05) is 6.54 Å². The Bertz CT molecular complexity index is 1160. The van der Waals surface area contributed by atoms with Crippen molar-refractivity contribution >= 4 is 5.78 Å². The molecule has 10 nitrogen and oxygen atoms in total. The van der Waals surface area contributed by atoms with Crippen LogP contribution in [-0.4, -0.2) is 52.5 Å². The van der Waals surface area contributed by atoms with Crippen molar-refractivity contribution in [2.24, 2.45) is 0 Å². The normalized spacial score (nSPS) is 15.6. The van der Waals surface area contributed by atoms with Crippen LogP contribution in [0.1, 0.15) is 48.0 Å². The van der Waals surface area contributed by atoms with Crippen molar-refractivity contribution in [3.8, 4) is 5.75 Å². The van der Waals surface area contributed by atoms with E-state index in [1.165, 1.54) is 16.7 Å². The summed E-state index contributed by atoms with van der Waals surface area (Å²) in [4.78, 5) is 32.0. The van der Waals surface area contributed by atoms with Crippen molar-refractivity contribution in [1.82, 2.24) is 35.1 Å². The number of hydrogen-bond donors (Lipinski definition) is 2. The number of Topliss-reactive ketones (excluding diaryl/α,β-unsaturated/α-hetero) is 1. The van der Waals surface area contributed by atoms with Gasteiger partial charge in [0.2, 0.25) is 5.75 Å². The molecule has 0 amide bonds. The molecule has 11 heteroatoms. The highest BCUT2D eigenvalue weighted by Crippen LogP contribution is 2.31. The Morgan fingerprint density at radius 3 is 2.68 bits per heavy atom. The number of nitrogens with one attached hydrogen (secondary N) is 1. The first-order chi connectivity index (χ1) is 14.8. The molecule has 162 valence electrons. The largest absolute Gasteiger partial charge is 0.501 e. The third-order valence-electron chi connectivity index (χ3n) is 5.62. The molecule has 0 spiro atoms. The zero-order chi connectivity index (χ0) is 22.2. The minimum atomic E-state index is -0.724. The number of carbonyl (C=O) groups excluding carboxylic acids is 1. The van der Waals surface area contributed by atoms with Crippen LogP contribution in [-0.2, 0) is 25.0 Å². The van der Waals surface area contributed by atoms with Gasteiger partial charge in [-0.2, -0.15) is 5.21 Å². The second-order valence-corrected chi connectivity index (χ2v) is 7.95. The number of aromatic hydroxyl groups is 1. The number of fused-ring (bicyclic) bond motifs is 1. The van der Waals surface area contributed by atoms with E-state index in [4.69, 9.17) is 0 Å². The minimum absolute atomic E-state index is 0.0298.